The van der Waals surface area contributed by atoms with Crippen molar-refractivity contribution in [2.24, 2.45) is 0 Å². The van der Waals surface area contributed by atoms with Crippen LogP contribution < -0.4 is 146 Å². The maximum atomic E-state index is 5.33. The van der Waals surface area contributed by atoms with Crippen molar-refractivity contribution < 1.29 is 179 Å². The zero-order valence-electron chi connectivity index (χ0n) is 72.4. The number of hydrogen-bond acceptors (Lipinski definition) is 16. The van der Waals surface area contributed by atoms with E-state index in [0.717, 1.165) is 52.9 Å². The van der Waals surface area contributed by atoms with Crippen LogP contribution in [0.2, 0.25) is 0 Å². The van der Waals surface area contributed by atoms with Crippen molar-refractivity contribution in [2.75, 3.05) is 211 Å². The van der Waals surface area contributed by atoms with Crippen molar-refractivity contribution in [3.8, 4) is 22.3 Å². The second-order valence-corrected chi connectivity index (χ2v) is 30.8. The zero-order valence-corrected chi connectivity index (χ0v) is 78.6. The quantitative estimate of drug-likeness (QED) is 0.204. The largest absolute Gasteiger partial charge is 1.00 e. The van der Waals surface area contributed by atoms with Gasteiger partial charge in [0.2, 0.25) is 0 Å². The molecule has 0 radical (unpaired) electrons. The Bertz CT molecular complexity index is 3270. The number of fused-ring (bicyclic) bond motifs is 6. The Morgan fingerprint density at radius 1 is 0.175 bits per heavy atom. The maximum absolute atomic E-state index is 5.33. The molecule has 0 unspecified atom stereocenters. The third-order valence-electron chi connectivity index (χ3n) is 22.0. The molecule has 6 fully saturated rings. The summed E-state index contributed by atoms with van der Waals surface area (Å²) in [5.41, 5.74) is 33.6. The van der Waals surface area contributed by atoms with Gasteiger partial charge in [-0.1, -0.05) is 198 Å². The SMILES string of the molecule is C1CCOC1.C1CCOC1.C1CCOC1.C1CCOC1.C1COCCOCCOCCOCCOCCO1.C1COCCOCCOCCOCCOCCO1.Cc1cc(C)c([B-]2(c3c(C)cc(C)cc3C)c3ccccc3-c3cc4c(cc32)-c2ccccc2[B-]4(c2c(C)cc(C)cc2C)c2c(C)cc(C)cc2C)c(C)c1.[K+].[K+]. The minimum Gasteiger partial charge on any atom is -0.381 e. The topological polar surface area (TPSA) is 148 Å². The smallest absolute Gasteiger partial charge is 0.381 e. The number of benzene rings is 7. The molecular formula is C94H134B2K2O16. The van der Waals surface area contributed by atoms with Gasteiger partial charge < -0.3 is 75.8 Å². The third kappa shape index (κ3) is 28.7. The molecule has 8 heterocycles. The van der Waals surface area contributed by atoms with E-state index in [2.05, 4.69) is 192 Å². The van der Waals surface area contributed by atoms with E-state index >= 15 is 0 Å². The van der Waals surface area contributed by atoms with Gasteiger partial charge in [-0.25, -0.2) is 0 Å². The fraction of sp³-hybridized carbons (Fsp3) is 0.553. The van der Waals surface area contributed by atoms with E-state index in [1.54, 1.807) is 0 Å². The average Bonchev–Trinajstić information content (AvgIpc) is 1.50. The van der Waals surface area contributed by atoms with E-state index in [1.807, 2.05) is 0 Å². The van der Waals surface area contributed by atoms with E-state index in [0.29, 0.717) is 159 Å². The fourth-order valence-corrected chi connectivity index (χ4v) is 18.1. The predicted molar refractivity (Wildman–Crippen MR) is 459 cm³/mol. The van der Waals surface area contributed by atoms with Gasteiger partial charge in [0.1, 0.15) is 12.3 Å². The van der Waals surface area contributed by atoms with Crippen LogP contribution in [0.15, 0.2) is 109 Å². The van der Waals surface area contributed by atoms with Gasteiger partial charge in [-0.15, -0.1) is 0 Å². The van der Waals surface area contributed by atoms with Crippen LogP contribution >= 0.6 is 0 Å². The van der Waals surface area contributed by atoms with Crippen molar-refractivity contribution in [1.29, 1.82) is 0 Å². The van der Waals surface area contributed by atoms with Crippen molar-refractivity contribution >= 4 is 56.0 Å². The maximum Gasteiger partial charge on any atom is 1.00 e. The van der Waals surface area contributed by atoms with E-state index < -0.39 is 12.3 Å². The van der Waals surface area contributed by atoms with Crippen LogP contribution in [0.3, 0.4) is 0 Å². The van der Waals surface area contributed by atoms with Crippen LogP contribution in [-0.4, -0.2) is 224 Å². The van der Waals surface area contributed by atoms with Gasteiger partial charge in [0.05, 0.1) is 159 Å². The number of ether oxygens (including phenoxy) is 16. The minimum atomic E-state index is -1.56. The first-order chi connectivity index (χ1) is 54.7. The molecule has 7 aromatic carbocycles. The molecule has 114 heavy (non-hydrogen) atoms. The molecule has 15 rings (SSSR count). The Kier molecular flexibility index (Phi) is 47.2. The Morgan fingerprint density at radius 3 is 0.474 bits per heavy atom. The molecule has 0 atom stereocenters. The average molecular weight is 1620 g/mol. The minimum absolute atomic E-state index is 0. The van der Waals surface area contributed by atoms with E-state index in [-0.39, 0.29) is 103 Å². The summed E-state index contributed by atoms with van der Waals surface area (Å²) >= 11 is 0. The first-order valence-corrected chi connectivity index (χ1v) is 42.0. The summed E-state index contributed by atoms with van der Waals surface area (Å²) < 4.78 is 83.7. The van der Waals surface area contributed by atoms with Gasteiger partial charge in [0.25, 0.3) is 0 Å². The summed E-state index contributed by atoms with van der Waals surface area (Å²) in [6.07, 6.45) is 7.09. The number of rotatable bonds is 4. The summed E-state index contributed by atoms with van der Waals surface area (Å²) in [6.45, 7) is 50.0. The molecule has 16 nitrogen and oxygen atoms in total. The zero-order chi connectivity index (χ0) is 79.2. The van der Waals surface area contributed by atoms with Gasteiger partial charge in [0.15, 0.2) is 0 Å². The molecular weight excluding hydrogens is 1480 g/mol. The third-order valence-corrected chi connectivity index (χ3v) is 22.0. The second-order valence-electron chi connectivity index (χ2n) is 30.8. The van der Waals surface area contributed by atoms with Crippen LogP contribution in [0.1, 0.15) is 118 Å². The molecule has 8 aliphatic rings. The fourth-order valence-electron chi connectivity index (χ4n) is 18.1. The Labute approximate surface area is 770 Å². The van der Waals surface area contributed by atoms with Gasteiger partial charge in [-0.05, 0) is 134 Å². The number of aryl methyl sites for hydroxylation is 12. The first-order valence-electron chi connectivity index (χ1n) is 42.0. The Balaban J connectivity index is 0.000000249. The van der Waals surface area contributed by atoms with Crippen molar-refractivity contribution in [1.82, 2.24) is 0 Å². The number of hydrogen-bond donors (Lipinski definition) is 0. The normalized spacial score (nSPS) is 18.8. The van der Waals surface area contributed by atoms with Crippen LogP contribution in [0.4, 0.5) is 0 Å². The summed E-state index contributed by atoms with van der Waals surface area (Å²) in [5.74, 6) is 0. The Hall–Kier alpha value is -2.70. The predicted octanol–water partition coefficient (Wildman–Crippen LogP) is 5.50. The van der Waals surface area contributed by atoms with Crippen LogP contribution in [0.5, 0.6) is 0 Å². The molecule has 0 saturated carbocycles. The molecule has 0 bridgehead atoms. The molecule has 0 spiro atoms. The molecule has 614 valence electrons. The van der Waals surface area contributed by atoms with Gasteiger partial charge in [-0.2, -0.15) is 43.7 Å². The van der Waals surface area contributed by atoms with Crippen LogP contribution in [0, 0.1) is 83.1 Å². The first kappa shape index (κ1) is 98.4. The van der Waals surface area contributed by atoms with Crippen LogP contribution in [-0.2, 0) is 75.8 Å². The second kappa shape index (κ2) is 54.6. The molecule has 7 aromatic rings. The standard InChI is InChI=1S/C54H54B2.2C12H24O6.4C4H8O.2K/c1-31-21-35(5)51(36(6)22-31)55(52-37(7)23-32(2)24-38(52)8)47-19-15-13-17-43(47)45-30-50-46(29-49(45)55)44-18-14-16-20-48(44)56(50,53-39(9)25-33(3)26-40(53)10)54-41(11)27-34(4)28-42(54)12;2*1-2-14-5-6-16-9-10-18-12-11-17-8-7-15-4-3-13-1;4*1-2-4-5-3-1;;/h13-30H,1-12H3;2*1-12H2;4*1-4H2;;/q-2;;;;;;;2*+1. The van der Waals surface area contributed by atoms with Crippen molar-refractivity contribution in [2.45, 2.75) is 134 Å². The van der Waals surface area contributed by atoms with Gasteiger partial charge in [-0.3, -0.25) is 0 Å². The van der Waals surface area contributed by atoms with Crippen molar-refractivity contribution in [3.05, 3.63) is 176 Å². The molecule has 20 heteroatoms. The molecule has 0 amide bonds. The van der Waals surface area contributed by atoms with Gasteiger partial charge >= 0.3 is 103 Å². The van der Waals surface area contributed by atoms with Crippen molar-refractivity contribution in [3.63, 3.8) is 0 Å². The molecule has 8 aliphatic heterocycles. The molecule has 6 saturated heterocycles. The summed E-state index contributed by atoms with van der Waals surface area (Å²) in [6, 6.07) is 43.7. The van der Waals surface area contributed by atoms with Crippen LogP contribution in [0.25, 0.3) is 22.3 Å². The molecule has 0 aromatic heterocycles. The summed E-state index contributed by atoms with van der Waals surface area (Å²) in [5, 5.41) is 0. The summed E-state index contributed by atoms with van der Waals surface area (Å²) in [4.78, 5) is 0. The van der Waals surface area contributed by atoms with E-state index in [9.17, 15) is 0 Å². The van der Waals surface area contributed by atoms with E-state index in [4.69, 9.17) is 75.8 Å². The van der Waals surface area contributed by atoms with Gasteiger partial charge in [0, 0.05) is 52.9 Å². The Morgan fingerprint density at radius 2 is 0.325 bits per heavy atom. The molecule has 0 aliphatic carbocycles. The summed E-state index contributed by atoms with van der Waals surface area (Å²) in [7, 11) is 0. The van der Waals surface area contributed by atoms with E-state index in [1.165, 1.54) is 184 Å². The monoisotopic (exact) mass is 1620 g/mol. The molecule has 0 N–H and O–H groups in total.